The number of nitrogens with one attached hydrogen (secondary N) is 1. The Morgan fingerprint density at radius 3 is 2.86 bits per heavy atom. The van der Waals surface area contributed by atoms with E-state index in [2.05, 4.69) is 5.32 Å². The lowest BCUT2D eigenvalue weighted by molar-refractivity contribution is -0.120. The Hall–Kier alpha value is -2.41. The molecule has 0 radical (unpaired) electrons. The largest absolute Gasteiger partial charge is 0.368 e. The lowest BCUT2D eigenvalue weighted by atomic mass is 10.2. The summed E-state index contributed by atoms with van der Waals surface area (Å²) in [5.74, 6) is -1.00. The number of hydrogen-bond donors (Lipinski definition) is 2. The monoisotopic (exact) mass is 304 g/mol. The van der Waals surface area contributed by atoms with Gasteiger partial charge in [-0.05, 0) is 24.3 Å². The second-order valence-corrected chi connectivity index (χ2v) is 5.45. The number of amides is 2. The highest BCUT2D eigenvalue weighted by atomic mass is 19.1. The van der Waals surface area contributed by atoms with Crippen molar-refractivity contribution < 1.29 is 14.0 Å². The standard InChI is InChI=1S/C15H17FN4O2/c1-19-12-3-2-10(16)6-9(12)7-13(19)15(22)20-5-4-18-11(8-20)14(17)21/h2-3,6-7,11,18H,4-5,8H2,1H3,(H2,17,21). The molecule has 3 N–H and O–H groups in total. The molecule has 0 saturated carbocycles. The average Bonchev–Trinajstić information content (AvgIpc) is 2.83. The zero-order chi connectivity index (χ0) is 15.9. The highest BCUT2D eigenvalue weighted by Crippen LogP contribution is 2.21. The lowest BCUT2D eigenvalue weighted by Gasteiger charge is -2.32. The summed E-state index contributed by atoms with van der Waals surface area (Å²) in [7, 11) is 1.77. The Kier molecular flexibility index (Phi) is 3.58. The minimum atomic E-state index is -0.537. The smallest absolute Gasteiger partial charge is 0.270 e. The summed E-state index contributed by atoms with van der Waals surface area (Å²) in [6, 6.07) is 5.54. The minimum Gasteiger partial charge on any atom is -0.368 e. The zero-order valence-electron chi connectivity index (χ0n) is 12.2. The highest BCUT2D eigenvalue weighted by molar-refractivity contribution is 5.99. The van der Waals surface area contributed by atoms with Gasteiger partial charge in [0.1, 0.15) is 17.6 Å². The van der Waals surface area contributed by atoms with Crippen LogP contribution in [0, 0.1) is 5.82 Å². The maximum Gasteiger partial charge on any atom is 0.270 e. The number of piperazine rings is 1. The molecular formula is C15H17FN4O2. The van der Waals surface area contributed by atoms with E-state index >= 15 is 0 Å². The van der Waals surface area contributed by atoms with Crippen molar-refractivity contribution in [2.24, 2.45) is 12.8 Å². The second-order valence-electron chi connectivity index (χ2n) is 5.45. The molecule has 3 rings (SSSR count). The molecule has 0 bridgehead atoms. The number of aryl methyl sites for hydroxylation is 1. The van der Waals surface area contributed by atoms with E-state index in [-0.39, 0.29) is 18.3 Å². The minimum absolute atomic E-state index is 0.188. The summed E-state index contributed by atoms with van der Waals surface area (Å²) in [6.45, 7) is 1.25. The first-order valence-corrected chi connectivity index (χ1v) is 7.04. The first-order valence-electron chi connectivity index (χ1n) is 7.04. The molecule has 6 nitrogen and oxygen atoms in total. The Labute approximate surface area is 126 Å². The first kappa shape index (κ1) is 14.5. The maximum absolute atomic E-state index is 13.3. The van der Waals surface area contributed by atoms with E-state index in [1.165, 1.54) is 12.1 Å². The van der Waals surface area contributed by atoms with Crippen LogP contribution in [-0.2, 0) is 11.8 Å². The Balaban J connectivity index is 1.91. The number of primary amides is 1. The van der Waals surface area contributed by atoms with Crippen molar-refractivity contribution in [3.8, 4) is 0 Å². The van der Waals surface area contributed by atoms with Crippen LogP contribution < -0.4 is 11.1 Å². The maximum atomic E-state index is 13.3. The van der Waals surface area contributed by atoms with Crippen LogP contribution in [0.5, 0.6) is 0 Å². The normalized spacial score (nSPS) is 18.6. The summed E-state index contributed by atoms with van der Waals surface area (Å²) in [4.78, 5) is 25.5. The number of carbonyl (C=O) groups excluding carboxylic acids is 2. The molecule has 2 amide bonds. The fraction of sp³-hybridized carbons (Fsp3) is 0.333. The molecule has 7 heteroatoms. The summed E-state index contributed by atoms with van der Waals surface area (Å²) in [5, 5.41) is 3.65. The van der Waals surface area contributed by atoms with Gasteiger partial charge in [-0.25, -0.2) is 4.39 Å². The summed E-state index contributed by atoms with van der Waals surface area (Å²) in [5.41, 5.74) is 6.54. The quantitative estimate of drug-likeness (QED) is 0.833. The van der Waals surface area contributed by atoms with Crippen LogP contribution in [0.15, 0.2) is 24.3 Å². The van der Waals surface area contributed by atoms with Gasteiger partial charge in [-0.15, -0.1) is 0 Å². The number of rotatable bonds is 2. The van der Waals surface area contributed by atoms with Crippen LogP contribution in [0.1, 0.15) is 10.5 Å². The lowest BCUT2D eigenvalue weighted by Crippen LogP contribution is -2.57. The van der Waals surface area contributed by atoms with E-state index in [4.69, 9.17) is 5.73 Å². The molecule has 1 aliphatic heterocycles. The molecule has 1 fully saturated rings. The van der Waals surface area contributed by atoms with Crippen molar-refractivity contribution in [3.63, 3.8) is 0 Å². The molecule has 1 aliphatic rings. The van der Waals surface area contributed by atoms with E-state index in [0.29, 0.717) is 24.2 Å². The molecule has 0 spiro atoms. The van der Waals surface area contributed by atoms with Gasteiger partial charge in [0.05, 0.1) is 0 Å². The van der Waals surface area contributed by atoms with Crippen LogP contribution in [0.25, 0.3) is 10.9 Å². The van der Waals surface area contributed by atoms with E-state index in [1.807, 2.05) is 0 Å². The Morgan fingerprint density at radius 1 is 1.36 bits per heavy atom. The third-order valence-corrected chi connectivity index (χ3v) is 4.03. The van der Waals surface area contributed by atoms with Crippen molar-refractivity contribution >= 4 is 22.7 Å². The molecule has 1 aromatic carbocycles. The van der Waals surface area contributed by atoms with E-state index in [9.17, 15) is 14.0 Å². The molecule has 22 heavy (non-hydrogen) atoms. The van der Waals surface area contributed by atoms with Crippen LogP contribution in [0.2, 0.25) is 0 Å². The number of carbonyl (C=O) groups is 2. The summed E-state index contributed by atoms with van der Waals surface area (Å²) >= 11 is 0. The molecule has 1 saturated heterocycles. The Bertz CT molecular complexity index is 755. The highest BCUT2D eigenvalue weighted by Gasteiger charge is 2.28. The number of halogens is 1. The van der Waals surface area contributed by atoms with Gasteiger partial charge in [0, 0.05) is 37.6 Å². The molecule has 2 heterocycles. The predicted molar refractivity (Wildman–Crippen MR) is 79.8 cm³/mol. The van der Waals surface area contributed by atoms with Crippen molar-refractivity contribution in [2.75, 3.05) is 19.6 Å². The fourth-order valence-electron chi connectivity index (χ4n) is 2.81. The number of benzene rings is 1. The van der Waals surface area contributed by atoms with Crippen LogP contribution in [-0.4, -0.2) is 47.0 Å². The predicted octanol–water partition coefficient (Wildman–Crippen LogP) is 0.217. The van der Waals surface area contributed by atoms with Gasteiger partial charge in [0.15, 0.2) is 0 Å². The van der Waals surface area contributed by atoms with Crippen molar-refractivity contribution in [3.05, 3.63) is 35.8 Å². The molecule has 1 atom stereocenters. The number of hydrogen-bond acceptors (Lipinski definition) is 3. The van der Waals surface area contributed by atoms with Gasteiger partial charge in [-0.1, -0.05) is 0 Å². The number of fused-ring (bicyclic) bond motifs is 1. The van der Waals surface area contributed by atoms with Gasteiger partial charge in [-0.2, -0.15) is 0 Å². The third kappa shape index (κ3) is 2.43. The van der Waals surface area contributed by atoms with Crippen LogP contribution in [0.4, 0.5) is 4.39 Å². The van der Waals surface area contributed by atoms with E-state index < -0.39 is 11.9 Å². The SMILES string of the molecule is Cn1c(C(=O)N2CCNC(C(N)=O)C2)cc2cc(F)ccc21. The van der Waals surface area contributed by atoms with Crippen molar-refractivity contribution in [2.45, 2.75) is 6.04 Å². The van der Waals surface area contributed by atoms with Gasteiger partial charge < -0.3 is 20.5 Å². The van der Waals surface area contributed by atoms with Gasteiger partial charge in [0.2, 0.25) is 5.91 Å². The van der Waals surface area contributed by atoms with Crippen LogP contribution >= 0.6 is 0 Å². The summed E-state index contributed by atoms with van der Waals surface area (Å²) < 4.78 is 15.0. The molecule has 1 unspecified atom stereocenters. The molecule has 2 aromatic rings. The molecule has 0 aliphatic carbocycles. The first-order chi connectivity index (χ1) is 10.5. The van der Waals surface area contributed by atoms with Crippen LogP contribution in [0.3, 0.4) is 0 Å². The number of nitrogens with zero attached hydrogens (tertiary/aromatic N) is 2. The third-order valence-electron chi connectivity index (χ3n) is 4.03. The molecule has 116 valence electrons. The van der Waals surface area contributed by atoms with Crippen molar-refractivity contribution in [1.82, 2.24) is 14.8 Å². The van der Waals surface area contributed by atoms with Crippen molar-refractivity contribution in [1.29, 1.82) is 0 Å². The van der Waals surface area contributed by atoms with E-state index in [0.717, 1.165) is 5.52 Å². The molecular weight excluding hydrogens is 287 g/mol. The number of aromatic nitrogens is 1. The van der Waals surface area contributed by atoms with Gasteiger partial charge >= 0.3 is 0 Å². The van der Waals surface area contributed by atoms with E-state index in [1.54, 1.807) is 28.6 Å². The Morgan fingerprint density at radius 2 is 2.14 bits per heavy atom. The second kappa shape index (κ2) is 5.42. The number of nitrogens with two attached hydrogens (primary N) is 1. The topological polar surface area (TPSA) is 80.4 Å². The zero-order valence-corrected chi connectivity index (χ0v) is 12.2. The fourth-order valence-corrected chi connectivity index (χ4v) is 2.81. The molecule has 1 aromatic heterocycles. The average molecular weight is 304 g/mol. The van der Waals surface area contributed by atoms with Gasteiger partial charge in [0.25, 0.3) is 5.91 Å². The summed E-state index contributed by atoms with van der Waals surface area (Å²) in [6.07, 6.45) is 0. The van der Waals surface area contributed by atoms with Gasteiger partial charge in [-0.3, -0.25) is 9.59 Å².